The number of aromatic nitrogens is 3. The molecule has 130 valence electrons. The summed E-state index contributed by atoms with van der Waals surface area (Å²) in [5, 5.41) is 13.2. The van der Waals surface area contributed by atoms with Crippen LogP contribution < -0.4 is 4.74 Å². The molecule has 0 spiro atoms. The zero-order chi connectivity index (χ0) is 17.8. The van der Waals surface area contributed by atoms with E-state index in [-0.39, 0.29) is 11.6 Å². The number of thioether (sulfide) groups is 1. The number of aryl methyl sites for hydroxylation is 1. The van der Waals surface area contributed by atoms with Gasteiger partial charge in [0.15, 0.2) is 5.82 Å². The molecule has 3 rings (SSSR count). The molecule has 9 heteroatoms. The van der Waals surface area contributed by atoms with E-state index >= 15 is 0 Å². The van der Waals surface area contributed by atoms with Crippen LogP contribution in [0, 0.1) is 12.7 Å². The van der Waals surface area contributed by atoms with Crippen molar-refractivity contribution in [1.29, 1.82) is 0 Å². The summed E-state index contributed by atoms with van der Waals surface area (Å²) in [5.74, 6) is 1.81. The number of hydrogen-bond acceptors (Lipinski definition) is 6. The van der Waals surface area contributed by atoms with Crippen LogP contribution in [0.25, 0.3) is 0 Å². The average molecular weight is 381 g/mol. The molecule has 0 aliphatic carbocycles. The molecule has 0 bridgehead atoms. The zero-order valence-electron chi connectivity index (χ0n) is 13.4. The number of nitrogens with zero attached hydrogens (tertiary/aromatic N) is 4. The molecule has 0 saturated carbocycles. The van der Waals surface area contributed by atoms with Crippen molar-refractivity contribution in [3.8, 4) is 5.75 Å². The summed E-state index contributed by atoms with van der Waals surface area (Å²) < 4.78 is 25.8. The van der Waals surface area contributed by atoms with Crippen molar-refractivity contribution >= 4 is 29.6 Å². The molecule has 25 heavy (non-hydrogen) atoms. The largest absolute Gasteiger partial charge is 0.484 e. The summed E-state index contributed by atoms with van der Waals surface area (Å²) in [5.41, 5.74) is 0. The lowest BCUT2D eigenvalue weighted by Gasteiger charge is -2.05. The third kappa shape index (κ3) is 4.21. The van der Waals surface area contributed by atoms with Crippen LogP contribution in [-0.4, -0.2) is 27.3 Å². The molecule has 6 nitrogen and oxygen atoms in total. The van der Waals surface area contributed by atoms with Gasteiger partial charge in [0.1, 0.15) is 29.7 Å². The van der Waals surface area contributed by atoms with Gasteiger partial charge >= 0.3 is 0 Å². The Morgan fingerprint density at radius 3 is 2.96 bits per heavy atom. The molecule has 0 atom stereocenters. The van der Waals surface area contributed by atoms with E-state index in [1.54, 1.807) is 23.0 Å². The number of halogens is 2. The highest BCUT2D eigenvalue weighted by Gasteiger charge is 2.08. The fourth-order valence-corrected chi connectivity index (χ4v) is 2.69. The quantitative estimate of drug-likeness (QED) is 0.474. The van der Waals surface area contributed by atoms with Gasteiger partial charge in [-0.15, -0.1) is 10.2 Å². The lowest BCUT2D eigenvalue weighted by molar-refractivity contribution is 0.269. The Hall–Kier alpha value is -2.32. The first-order chi connectivity index (χ1) is 12.1. The number of rotatable bonds is 6. The maximum Gasteiger partial charge on any atom is 0.211 e. The van der Waals surface area contributed by atoms with Gasteiger partial charge < -0.3 is 9.15 Å². The normalized spacial score (nSPS) is 11.4. The van der Waals surface area contributed by atoms with Crippen molar-refractivity contribution in [2.24, 2.45) is 5.10 Å². The first-order valence-electron chi connectivity index (χ1n) is 7.23. The lowest BCUT2D eigenvalue weighted by atomic mass is 10.3. The minimum absolute atomic E-state index is 0.168. The lowest BCUT2D eigenvalue weighted by Crippen LogP contribution is -1.96. The molecule has 0 aliphatic rings. The SMILES string of the molecule is CSc1nnc(C)n1N=Cc1ccc(COc2ccc(F)cc2Cl)o1. The Morgan fingerprint density at radius 2 is 2.20 bits per heavy atom. The van der Waals surface area contributed by atoms with Crippen LogP contribution in [0.2, 0.25) is 5.02 Å². The molecule has 0 radical (unpaired) electrons. The van der Waals surface area contributed by atoms with Gasteiger partial charge in [-0.25, -0.2) is 4.39 Å². The second-order valence-corrected chi connectivity index (χ2v) is 6.14. The van der Waals surface area contributed by atoms with Gasteiger partial charge in [0.25, 0.3) is 0 Å². The van der Waals surface area contributed by atoms with Crippen LogP contribution in [0.3, 0.4) is 0 Å². The molecular weight excluding hydrogens is 367 g/mol. The second kappa shape index (κ2) is 7.71. The molecule has 0 saturated heterocycles. The van der Waals surface area contributed by atoms with Crippen LogP contribution in [0.1, 0.15) is 17.3 Å². The third-order valence-electron chi connectivity index (χ3n) is 3.20. The summed E-state index contributed by atoms with van der Waals surface area (Å²) in [6.45, 7) is 1.98. The van der Waals surface area contributed by atoms with E-state index in [1.807, 2.05) is 13.2 Å². The summed E-state index contributed by atoms with van der Waals surface area (Å²) >= 11 is 7.37. The molecule has 0 fully saturated rings. The first kappa shape index (κ1) is 17.5. The summed E-state index contributed by atoms with van der Waals surface area (Å²) in [6, 6.07) is 7.50. The minimum atomic E-state index is -0.414. The molecular formula is C16H14ClFN4O2S. The number of furan rings is 1. The highest BCUT2D eigenvalue weighted by Crippen LogP contribution is 2.25. The van der Waals surface area contributed by atoms with E-state index in [0.29, 0.717) is 28.3 Å². The number of hydrogen-bond donors (Lipinski definition) is 0. The van der Waals surface area contributed by atoms with Crippen LogP contribution in [0.15, 0.2) is 45.0 Å². The van der Waals surface area contributed by atoms with Crippen molar-refractivity contribution < 1.29 is 13.5 Å². The van der Waals surface area contributed by atoms with Crippen LogP contribution in [0.5, 0.6) is 5.75 Å². The zero-order valence-corrected chi connectivity index (χ0v) is 15.0. The molecule has 0 amide bonds. The molecule has 1 aromatic carbocycles. The van der Waals surface area contributed by atoms with Crippen LogP contribution in [0.4, 0.5) is 4.39 Å². The fourth-order valence-electron chi connectivity index (χ4n) is 2.00. The van der Waals surface area contributed by atoms with E-state index in [9.17, 15) is 4.39 Å². The molecule has 0 aliphatic heterocycles. The van der Waals surface area contributed by atoms with E-state index in [0.717, 1.165) is 0 Å². The van der Waals surface area contributed by atoms with Gasteiger partial charge in [0, 0.05) is 0 Å². The number of ether oxygens (including phenoxy) is 1. The average Bonchev–Trinajstić information content (AvgIpc) is 3.18. The Balaban J connectivity index is 1.66. The van der Waals surface area contributed by atoms with Crippen molar-refractivity contribution in [3.05, 3.63) is 58.5 Å². The Labute approximate surface area is 152 Å². The van der Waals surface area contributed by atoms with Crippen molar-refractivity contribution in [3.63, 3.8) is 0 Å². The fraction of sp³-hybridized carbons (Fsp3) is 0.188. The Kier molecular flexibility index (Phi) is 5.40. The third-order valence-corrected chi connectivity index (χ3v) is 4.11. The van der Waals surface area contributed by atoms with Gasteiger partial charge in [0.2, 0.25) is 5.16 Å². The maximum absolute atomic E-state index is 13.0. The van der Waals surface area contributed by atoms with E-state index in [2.05, 4.69) is 15.3 Å². The summed E-state index contributed by atoms with van der Waals surface area (Å²) in [7, 11) is 0. The molecule has 0 N–H and O–H groups in total. The molecule has 3 aromatic rings. The van der Waals surface area contributed by atoms with Gasteiger partial charge in [-0.05, 0) is 43.5 Å². The highest BCUT2D eigenvalue weighted by molar-refractivity contribution is 7.98. The molecule has 2 heterocycles. The van der Waals surface area contributed by atoms with Crippen LogP contribution >= 0.6 is 23.4 Å². The molecule has 2 aromatic heterocycles. The minimum Gasteiger partial charge on any atom is -0.484 e. The highest BCUT2D eigenvalue weighted by atomic mass is 35.5. The predicted octanol–water partition coefficient (Wildman–Crippen LogP) is 4.16. The summed E-state index contributed by atoms with van der Waals surface area (Å²) in [6.07, 6.45) is 3.48. The standard InChI is InChI=1S/C16H14ClFN4O2S/c1-10-20-21-16(25-2)22(10)19-8-12-4-5-13(24-12)9-23-15-6-3-11(18)7-14(15)17/h3-8H,9H2,1-2H3. The number of benzene rings is 1. The first-order valence-corrected chi connectivity index (χ1v) is 8.84. The van der Waals surface area contributed by atoms with Crippen molar-refractivity contribution in [2.45, 2.75) is 18.7 Å². The molecule has 0 unspecified atom stereocenters. The van der Waals surface area contributed by atoms with Gasteiger partial charge in [-0.2, -0.15) is 9.78 Å². The topological polar surface area (TPSA) is 65.4 Å². The van der Waals surface area contributed by atoms with Crippen LogP contribution in [-0.2, 0) is 6.61 Å². The van der Waals surface area contributed by atoms with E-state index < -0.39 is 5.82 Å². The summed E-state index contributed by atoms with van der Waals surface area (Å²) in [4.78, 5) is 0. The second-order valence-electron chi connectivity index (χ2n) is 4.96. The van der Waals surface area contributed by atoms with Crippen molar-refractivity contribution in [1.82, 2.24) is 14.9 Å². The van der Waals surface area contributed by atoms with Gasteiger partial charge in [-0.1, -0.05) is 23.4 Å². The Bertz CT molecular complexity index is 909. The van der Waals surface area contributed by atoms with E-state index in [4.69, 9.17) is 20.8 Å². The van der Waals surface area contributed by atoms with E-state index in [1.165, 1.54) is 30.0 Å². The Morgan fingerprint density at radius 1 is 1.36 bits per heavy atom. The smallest absolute Gasteiger partial charge is 0.211 e. The van der Waals surface area contributed by atoms with Gasteiger partial charge in [0.05, 0.1) is 11.2 Å². The van der Waals surface area contributed by atoms with Gasteiger partial charge in [-0.3, -0.25) is 0 Å². The van der Waals surface area contributed by atoms with Crippen molar-refractivity contribution in [2.75, 3.05) is 6.26 Å². The monoisotopic (exact) mass is 380 g/mol. The maximum atomic E-state index is 13.0. The predicted molar refractivity (Wildman–Crippen MR) is 94.0 cm³/mol.